The molecule has 3 N–H and O–H groups in total. The zero-order valence-corrected chi connectivity index (χ0v) is 14.3. The molecule has 0 aliphatic carbocycles. The van der Waals surface area contributed by atoms with Gasteiger partial charge in [0.2, 0.25) is 0 Å². The first-order valence-corrected chi connectivity index (χ1v) is 7.89. The predicted molar refractivity (Wildman–Crippen MR) is 94.2 cm³/mol. The molecule has 1 unspecified atom stereocenters. The fourth-order valence-corrected chi connectivity index (χ4v) is 2.43. The van der Waals surface area contributed by atoms with Crippen LogP contribution in [0.15, 0.2) is 42.9 Å². The number of nitrogens with one attached hydrogen (secondary N) is 2. The maximum atomic E-state index is 11.7. The summed E-state index contributed by atoms with van der Waals surface area (Å²) in [5, 5.41) is 14.0. The molecule has 7 heteroatoms. The summed E-state index contributed by atoms with van der Waals surface area (Å²) in [5.41, 5.74) is 1.47. The summed E-state index contributed by atoms with van der Waals surface area (Å²) in [4.78, 5) is 23.2. The first-order valence-electron chi connectivity index (χ1n) is 7.89. The Hall–Kier alpha value is -2.93. The first-order chi connectivity index (χ1) is 11.8. The van der Waals surface area contributed by atoms with Crippen LogP contribution in [0.3, 0.4) is 0 Å². The zero-order chi connectivity index (χ0) is 18.0. The van der Waals surface area contributed by atoms with Crippen LogP contribution in [0.2, 0.25) is 0 Å². The third-order valence-electron chi connectivity index (χ3n) is 3.51. The number of aromatic nitrogens is 3. The van der Waals surface area contributed by atoms with Gasteiger partial charge in [-0.05, 0) is 39.0 Å². The number of rotatable bonds is 3. The average Bonchev–Trinajstić information content (AvgIpc) is 2.97. The van der Waals surface area contributed by atoms with Gasteiger partial charge in [-0.1, -0.05) is 6.07 Å². The van der Waals surface area contributed by atoms with Crippen LogP contribution >= 0.6 is 0 Å². The summed E-state index contributed by atoms with van der Waals surface area (Å²) in [6.07, 6.45) is 3.52. The minimum absolute atomic E-state index is 0.353. The molecule has 3 aromatic heterocycles. The van der Waals surface area contributed by atoms with Crippen molar-refractivity contribution in [3.63, 3.8) is 0 Å². The van der Waals surface area contributed by atoms with Crippen LogP contribution in [-0.4, -0.2) is 31.8 Å². The molecule has 0 saturated carbocycles. The molecule has 3 aromatic rings. The fraction of sp³-hybridized carbons (Fsp3) is 0.278. The number of aliphatic hydroxyl groups is 1. The van der Waals surface area contributed by atoms with Crippen molar-refractivity contribution in [2.75, 3.05) is 5.32 Å². The van der Waals surface area contributed by atoms with Gasteiger partial charge in [0.1, 0.15) is 23.2 Å². The second-order valence-corrected chi connectivity index (χ2v) is 6.65. The van der Waals surface area contributed by atoms with E-state index in [1.807, 2.05) is 12.1 Å². The molecular formula is C18H20N4O3. The van der Waals surface area contributed by atoms with Gasteiger partial charge in [-0.15, -0.1) is 0 Å². The Labute approximate surface area is 145 Å². The number of carbonyl (C=O) groups is 1. The number of aliphatic hydroxyl groups excluding tert-OH is 1. The fourth-order valence-electron chi connectivity index (χ4n) is 2.43. The number of nitrogens with zero attached hydrogens (tertiary/aromatic N) is 2. The van der Waals surface area contributed by atoms with Crippen LogP contribution in [0, 0.1) is 0 Å². The SMILES string of the molecule is CC(C)(C)OC(=O)Nc1ccc(C(O)c2c[nH]c3ncccc23)cn1. The van der Waals surface area contributed by atoms with Gasteiger partial charge < -0.3 is 14.8 Å². The van der Waals surface area contributed by atoms with Crippen molar-refractivity contribution in [2.45, 2.75) is 32.5 Å². The number of aromatic amines is 1. The Bertz CT molecular complexity index is 881. The lowest BCUT2D eigenvalue weighted by Crippen LogP contribution is -2.27. The maximum Gasteiger partial charge on any atom is 0.413 e. The van der Waals surface area contributed by atoms with E-state index >= 15 is 0 Å². The molecule has 1 atom stereocenters. The van der Waals surface area contributed by atoms with E-state index in [0.717, 1.165) is 10.9 Å². The summed E-state index contributed by atoms with van der Waals surface area (Å²) >= 11 is 0. The number of hydrogen-bond donors (Lipinski definition) is 3. The van der Waals surface area contributed by atoms with E-state index in [2.05, 4.69) is 20.3 Å². The second-order valence-electron chi connectivity index (χ2n) is 6.65. The van der Waals surface area contributed by atoms with Crippen LogP contribution in [0.25, 0.3) is 11.0 Å². The van der Waals surface area contributed by atoms with Crippen LogP contribution < -0.4 is 5.32 Å². The van der Waals surface area contributed by atoms with Gasteiger partial charge in [0, 0.05) is 35.1 Å². The van der Waals surface area contributed by atoms with Crippen molar-refractivity contribution < 1.29 is 14.6 Å². The highest BCUT2D eigenvalue weighted by Crippen LogP contribution is 2.28. The quantitative estimate of drug-likeness (QED) is 0.678. The number of H-pyrrole nitrogens is 1. The molecule has 25 heavy (non-hydrogen) atoms. The maximum absolute atomic E-state index is 11.7. The van der Waals surface area contributed by atoms with Crippen LogP contribution in [0.1, 0.15) is 38.0 Å². The van der Waals surface area contributed by atoms with Gasteiger partial charge >= 0.3 is 6.09 Å². The molecule has 0 bridgehead atoms. The van der Waals surface area contributed by atoms with E-state index in [9.17, 15) is 9.90 Å². The highest BCUT2D eigenvalue weighted by atomic mass is 16.6. The Morgan fingerprint density at radius 1 is 1.28 bits per heavy atom. The predicted octanol–water partition coefficient (Wildman–Crippen LogP) is 3.39. The van der Waals surface area contributed by atoms with Gasteiger partial charge in [0.25, 0.3) is 0 Å². The summed E-state index contributed by atoms with van der Waals surface area (Å²) in [7, 11) is 0. The minimum atomic E-state index is -0.846. The summed E-state index contributed by atoms with van der Waals surface area (Å²) in [6, 6.07) is 7.04. The van der Waals surface area contributed by atoms with Crippen molar-refractivity contribution in [2.24, 2.45) is 0 Å². The molecule has 3 heterocycles. The Kier molecular flexibility index (Phi) is 4.41. The van der Waals surface area contributed by atoms with Crippen LogP contribution in [-0.2, 0) is 4.74 Å². The molecule has 7 nitrogen and oxygen atoms in total. The van der Waals surface area contributed by atoms with Gasteiger partial charge in [0.15, 0.2) is 0 Å². The van der Waals surface area contributed by atoms with E-state index in [1.54, 1.807) is 45.3 Å². The lowest BCUT2D eigenvalue weighted by atomic mass is 10.0. The highest BCUT2D eigenvalue weighted by molar-refractivity contribution is 5.83. The van der Waals surface area contributed by atoms with Gasteiger partial charge in [0.05, 0.1) is 0 Å². The third kappa shape index (κ3) is 3.95. The lowest BCUT2D eigenvalue weighted by molar-refractivity contribution is 0.0635. The molecule has 0 aliphatic rings. The van der Waals surface area contributed by atoms with Gasteiger partial charge in [-0.2, -0.15) is 0 Å². The van der Waals surface area contributed by atoms with Crippen molar-refractivity contribution in [3.05, 3.63) is 54.0 Å². The second kappa shape index (κ2) is 6.52. The molecule has 0 saturated heterocycles. The number of fused-ring (bicyclic) bond motifs is 1. The number of ether oxygens (including phenoxy) is 1. The van der Waals surface area contributed by atoms with Crippen LogP contribution in [0.5, 0.6) is 0 Å². The molecule has 0 spiro atoms. The molecule has 0 fully saturated rings. The van der Waals surface area contributed by atoms with E-state index in [4.69, 9.17) is 4.74 Å². The average molecular weight is 340 g/mol. The molecule has 3 rings (SSSR count). The minimum Gasteiger partial charge on any atom is -0.444 e. The van der Waals surface area contributed by atoms with E-state index in [1.165, 1.54) is 6.20 Å². The van der Waals surface area contributed by atoms with E-state index < -0.39 is 17.8 Å². The molecule has 0 aliphatic heterocycles. The van der Waals surface area contributed by atoms with Crippen LogP contribution in [0.4, 0.5) is 10.6 Å². The molecule has 130 valence electrons. The van der Waals surface area contributed by atoms with E-state index in [0.29, 0.717) is 17.0 Å². The number of carbonyl (C=O) groups excluding carboxylic acids is 1. The topological polar surface area (TPSA) is 100 Å². The standard InChI is InChI=1S/C18H20N4O3/c1-18(2,3)25-17(24)22-14-7-6-11(9-20-14)15(23)13-10-21-16-12(13)5-4-8-19-16/h4-10,15,23H,1-3H3,(H,19,21)(H,20,22,24). The van der Waals surface area contributed by atoms with Crippen molar-refractivity contribution >= 4 is 22.9 Å². The Balaban J connectivity index is 1.75. The van der Waals surface area contributed by atoms with Gasteiger partial charge in [-0.3, -0.25) is 5.32 Å². The monoisotopic (exact) mass is 340 g/mol. The Morgan fingerprint density at radius 2 is 2.08 bits per heavy atom. The van der Waals surface area contributed by atoms with Crippen molar-refractivity contribution in [1.29, 1.82) is 0 Å². The molecular weight excluding hydrogens is 320 g/mol. The summed E-state index contributed by atoms with van der Waals surface area (Å²) in [5.74, 6) is 0.353. The number of anilines is 1. The van der Waals surface area contributed by atoms with Crippen molar-refractivity contribution in [1.82, 2.24) is 15.0 Å². The molecule has 0 radical (unpaired) electrons. The number of hydrogen-bond acceptors (Lipinski definition) is 5. The normalized spacial score (nSPS) is 12.8. The van der Waals surface area contributed by atoms with Gasteiger partial charge in [-0.25, -0.2) is 14.8 Å². The third-order valence-corrected chi connectivity index (χ3v) is 3.51. The zero-order valence-electron chi connectivity index (χ0n) is 14.3. The molecule has 0 aromatic carbocycles. The lowest BCUT2D eigenvalue weighted by Gasteiger charge is -2.19. The Morgan fingerprint density at radius 3 is 2.76 bits per heavy atom. The highest BCUT2D eigenvalue weighted by Gasteiger charge is 2.18. The first kappa shape index (κ1) is 16.9. The smallest absolute Gasteiger partial charge is 0.413 e. The van der Waals surface area contributed by atoms with Crippen molar-refractivity contribution in [3.8, 4) is 0 Å². The molecule has 1 amide bonds. The summed E-state index contributed by atoms with van der Waals surface area (Å²) < 4.78 is 5.18. The number of amides is 1. The largest absolute Gasteiger partial charge is 0.444 e. The number of pyridine rings is 2. The summed E-state index contributed by atoms with van der Waals surface area (Å²) in [6.45, 7) is 5.36. The van der Waals surface area contributed by atoms with E-state index in [-0.39, 0.29) is 0 Å².